The molecule has 0 aromatic carbocycles. The van der Waals surface area contributed by atoms with Gasteiger partial charge in [0.25, 0.3) is 0 Å². The number of rotatable bonds is 35. The Morgan fingerprint density at radius 1 is 0.453 bits per heavy atom. The van der Waals surface area contributed by atoms with E-state index < -0.39 is 23.9 Å². The molecule has 3 atom stereocenters. The molecule has 1 saturated carbocycles. The van der Waals surface area contributed by atoms with Crippen LogP contribution in [0.25, 0.3) is 0 Å². The number of alkyl carbamates (subject to hydrolysis) is 1. The molecule has 7 heteroatoms. The molecule has 0 radical (unpaired) electrons. The first-order valence-electron chi connectivity index (χ1n) is 23.0. The minimum absolute atomic E-state index is 0.244. The van der Waals surface area contributed by atoms with Crippen LogP contribution >= 0.6 is 0 Å². The van der Waals surface area contributed by atoms with Gasteiger partial charge in [-0.05, 0) is 33.6 Å². The second kappa shape index (κ2) is 33.5. The Balaban J connectivity index is 2.26. The van der Waals surface area contributed by atoms with Crippen molar-refractivity contribution >= 4 is 18.0 Å². The largest absolute Gasteiger partial charge is 0.458 e. The van der Waals surface area contributed by atoms with Crippen molar-refractivity contribution in [2.45, 2.75) is 277 Å². The van der Waals surface area contributed by atoms with Gasteiger partial charge < -0.3 is 19.5 Å². The molecule has 1 unspecified atom stereocenters. The molecule has 53 heavy (non-hydrogen) atoms. The molecule has 1 N–H and O–H groups in total. The van der Waals surface area contributed by atoms with Crippen LogP contribution in [0.1, 0.15) is 253 Å². The van der Waals surface area contributed by atoms with Gasteiger partial charge in [0.05, 0.1) is 0 Å². The minimum Gasteiger partial charge on any atom is -0.458 e. The minimum atomic E-state index is -0.610. The van der Waals surface area contributed by atoms with E-state index in [1.165, 1.54) is 154 Å². The maximum atomic E-state index is 12.8. The van der Waals surface area contributed by atoms with Crippen LogP contribution in [0.5, 0.6) is 0 Å². The number of esters is 2. The van der Waals surface area contributed by atoms with Gasteiger partial charge in [-0.3, -0.25) is 9.59 Å². The Labute approximate surface area is 328 Å². The Morgan fingerprint density at radius 3 is 0.981 bits per heavy atom. The summed E-state index contributed by atoms with van der Waals surface area (Å²) in [6.07, 6.45) is 38.4. The summed E-state index contributed by atoms with van der Waals surface area (Å²) in [5.41, 5.74) is -0.610. The topological polar surface area (TPSA) is 90.9 Å². The fourth-order valence-corrected chi connectivity index (χ4v) is 7.54. The summed E-state index contributed by atoms with van der Waals surface area (Å²) in [4.78, 5) is 38.1. The lowest BCUT2D eigenvalue weighted by Gasteiger charge is -2.21. The lowest BCUT2D eigenvalue weighted by Crippen LogP contribution is -2.38. The number of carbonyl (C=O) groups excluding carboxylic acids is 3. The number of hydrogen-bond donors (Lipinski definition) is 1. The zero-order valence-electron chi connectivity index (χ0n) is 35.7. The maximum Gasteiger partial charge on any atom is 0.407 e. The molecular formula is C46H87NO6. The van der Waals surface area contributed by atoms with E-state index >= 15 is 0 Å². The van der Waals surface area contributed by atoms with Crippen molar-refractivity contribution in [3.8, 4) is 0 Å². The summed E-state index contributed by atoms with van der Waals surface area (Å²) in [6, 6.07) is -0.281. The lowest BCUT2D eigenvalue weighted by atomic mass is 10.0. The van der Waals surface area contributed by atoms with Crippen molar-refractivity contribution < 1.29 is 28.6 Å². The first-order valence-corrected chi connectivity index (χ1v) is 23.0. The predicted molar refractivity (Wildman–Crippen MR) is 221 cm³/mol. The molecule has 1 amide bonds. The van der Waals surface area contributed by atoms with Crippen molar-refractivity contribution in [3.63, 3.8) is 0 Å². The standard InChI is InChI=1S/C46H87NO6/c1-6-8-10-12-14-16-18-20-22-24-26-28-30-32-34-36-43(48)51-41-38-40(47-45(50)53-46(3,4)5)39-42(41)52-44(49)37-35-33-31-29-27-25-23-21-19-17-15-13-11-9-7-2/h40-42H,6-39H2,1-5H3,(H,47,50)/t40?,41-,42+. The molecule has 0 aromatic heterocycles. The second-order valence-corrected chi connectivity index (χ2v) is 17.3. The van der Waals surface area contributed by atoms with E-state index in [4.69, 9.17) is 14.2 Å². The zero-order valence-corrected chi connectivity index (χ0v) is 35.7. The van der Waals surface area contributed by atoms with Crippen molar-refractivity contribution in [3.05, 3.63) is 0 Å². The average molecular weight is 750 g/mol. The van der Waals surface area contributed by atoms with Crippen LogP contribution in [0, 0.1) is 0 Å². The molecule has 0 spiro atoms. The molecule has 0 aromatic rings. The van der Waals surface area contributed by atoms with E-state index in [1.807, 2.05) is 20.8 Å². The van der Waals surface area contributed by atoms with E-state index in [-0.39, 0.29) is 18.0 Å². The SMILES string of the molecule is CCCCCCCCCCCCCCCCCC(=O)O[C@H]1CC(NC(=O)OC(C)(C)C)C[C@H]1OC(=O)CCCCCCCCCCCCCCCCC. The van der Waals surface area contributed by atoms with Crippen LogP contribution < -0.4 is 5.32 Å². The highest BCUT2D eigenvalue weighted by Gasteiger charge is 2.40. The van der Waals surface area contributed by atoms with E-state index in [9.17, 15) is 14.4 Å². The van der Waals surface area contributed by atoms with Crippen molar-refractivity contribution in [1.29, 1.82) is 0 Å². The number of unbranched alkanes of at least 4 members (excludes halogenated alkanes) is 28. The van der Waals surface area contributed by atoms with Crippen LogP contribution in [-0.4, -0.2) is 41.9 Å². The third-order valence-corrected chi connectivity index (χ3v) is 10.7. The summed E-state index contributed by atoms with van der Waals surface area (Å²) in [5, 5.41) is 2.90. The first kappa shape index (κ1) is 49.2. The quantitative estimate of drug-likeness (QED) is 0.0394. The zero-order chi connectivity index (χ0) is 38.8. The van der Waals surface area contributed by atoms with Gasteiger partial charge in [-0.25, -0.2) is 4.79 Å². The number of hydrogen-bond acceptors (Lipinski definition) is 6. The van der Waals surface area contributed by atoms with Gasteiger partial charge in [-0.15, -0.1) is 0 Å². The van der Waals surface area contributed by atoms with Gasteiger partial charge in [-0.2, -0.15) is 0 Å². The monoisotopic (exact) mass is 750 g/mol. The number of carbonyl (C=O) groups is 3. The van der Waals surface area contributed by atoms with Crippen LogP contribution in [0.15, 0.2) is 0 Å². The number of ether oxygens (including phenoxy) is 3. The average Bonchev–Trinajstić information content (AvgIpc) is 3.46. The maximum absolute atomic E-state index is 12.8. The molecule has 1 aliphatic rings. The molecule has 7 nitrogen and oxygen atoms in total. The van der Waals surface area contributed by atoms with Gasteiger partial charge >= 0.3 is 18.0 Å². The predicted octanol–water partition coefficient (Wildman–Crippen LogP) is 14.0. The van der Waals surface area contributed by atoms with E-state index in [1.54, 1.807) is 0 Å². The molecule has 0 aliphatic heterocycles. The third kappa shape index (κ3) is 31.1. The highest BCUT2D eigenvalue weighted by atomic mass is 16.6. The third-order valence-electron chi connectivity index (χ3n) is 10.7. The van der Waals surface area contributed by atoms with Crippen molar-refractivity contribution in [2.24, 2.45) is 0 Å². The Kier molecular flexibility index (Phi) is 31.2. The lowest BCUT2D eigenvalue weighted by molar-refractivity contribution is -0.165. The molecule has 0 heterocycles. The second-order valence-electron chi connectivity index (χ2n) is 17.3. The molecule has 0 saturated heterocycles. The van der Waals surface area contributed by atoms with E-state index in [0.29, 0.717) is 25.7 Å². The van der Waals surface area contributed by atoms with E-state index in [2.05, 4.69) is 19.2 Å². The first-order chi connectivity index (χ1) is 25.6. The molecule has 1 fully saturated rings. The van der Waals surface area contributed by atoms with Crippen LogP contribution in [-0.2, 0) is 23.8 Å². The van der Waals surface area contributed by atoms with Gasteiger partial charge in [0.2, 0.25) is 0 Å². The van der Waals surface area contributed by atoms with Crippen LogP contribution in [0.3, 0.4) is 0 Å². The van der Waals surface area contributed by atoms with Crippen molar-refractivity contribution in [1.82, 2.24) is 5.32 Å². The van der Waals surface area contributed by atoms with Crippen LogP contribution in [0.2, 0.25) is 0 Å². The highest BCUT2D eigenvalue weighted by Crippen LogP contribution is 2.28. The van der Waals surface area contributed by atoms with Gasteiger partial charge in [0.15, 0.2) is 0 Å². The summed E-state index contributed by atoms with van der Waals surface area (Å²) >= 11 is 0. The molecular weight excluding hydrogens is 663 g/mol. The fourth-order valence-electron chi connectivity index (χ4n) is 7.54. The van der Waals surface area contributed by atoms with Gasteiger partial charge in [-0.1, -0.05) is 194 Å². The summed E-state index contributed by atoms with van der Waals surface area (Å²) < 4.78 is 17.2. The summed E-state index contributed by atoms with van der Waals surface area (Å²) in [7, 11) is 0. The summed E-state index contributed by atoms with van der Waals surface area (Å²) in [6.45, 7) is 10.0. The van der Waals surface area contributed by atoms with Crippen molar-refractivity contribution in [2.75, 3.05) is 0 Å². The van der Waals surface area contributed by atoms with E-state index in [0.717, 1.165) is 38.5 Å². The van der Waals surface area contributed by atoms with Gasteiger partial charge in [0.1, 0.15) is 17.8 Å². The smallest absolute Gasteiger partial charge is 0.407 e. The van der Waals surface area contributed by atoms with Crippen LogP contribution in [0.4, 0.5) is 4.79 Å². The normalized spacial score (nSPS) is 17.2. The molecule has 1 aliphatic carbocycles. The molecule has 1 rings (SSSR count). The molecule has 312 valence electrons. The van der Waals surface area contributed by atoms with Gasteiger partial charge in [0, 0.05) is 31.7 Å². The highest BCUT2D eigenvalue weighted by molar-refractivity contribution is 5.71. The molecule has 0 bridgehead atoms. The Hall–Kier alpha value is -1.79. The Bertz CT molecular complexity index is 830. The number of amides is 1. The Morgan fingerprint density at radius 2 is 0.717 bits per heavy atom. The number of nitrogens with one attached hydrogen (secondary N) is 1. The fraction of sp³-hybridized carbons (Fsp3) is 0.935. The summed E-state index contributed by atoms with van der Waals surface area (Å²) in [5.74, 6) is -0.489.